The molecule has 6 nitrogen and oxygen atoms in total. The molecule has 3 N–H and O–H groups in total. The zero-order chi connectivity index (χ0) is 13.8. The second kappa shape index (κ2) is 6.16. The summed E-state index contributed by atoms with van der Waals surface area (Å²) in [5, 5.41) is 14.4. The van der Waals surface area contributed by atoms with Crippen molar-refractivity contribution in [3.8, 4) is 0 Å². The molecule has 0 radical (unpaired) electrons. The van der Waals surface area contributed by atoms with Gasteiger partial charge in [-0.15, -0.1) is 0 Å². The van der Waals surface area contributed by atoms with E-state index in [0.717, 1.165) is 32.1 Å². The lowest BCUT2D eigenvalue weighted by Crippen LogP contribution is -2.39. The number of nitrogens with two attached hydrogens (primary N) is 1. The number of hydrogen-bond acceptors (Lipinski definition) is 5. The SMILES string of the molecule is NC1CCCCCC1Nc1ncc(Cl)cc1[N+](=O)[O-]. The van der Waals surface area contributed by atoms with E-state index in [4.69, 9.17) is 17.3 Å². The Labute approximate surface area is 116 Å². The molecule has 104 valence electrons. The highest BCUT2D eigenvalue weighted by atomic mass is 35.5. The van der Waals surface area contributed by atoms with Crippen molar-refractivity contribution < 1.29 is 4.92 Å². The average Bonchev–Trinajstić information content (AvgIpc) is 2.57. The summed E-state index contributed by atoms with van der Waals surface area (Å²) in [4.78, 5) is 14.5. The summed E-state index contributed by atoms with van der Waals surface area (Å²) in [6.07, 6.45) is 6.57. The molecule has 0 spiro atoms. The average molecular weight is 285 g/mol. The van der Waals surface area contributed by atoms with Crippen molar-refractivity contribution in [2.24, 2.45) is 5.73 Å². The number of hydrogen-bond donors (Lipinski definition) is 2. The van der Waals surface area contributed by atoms with Crippen LogP contribution in [0.2, 0.25) is 5.02 Å². The molecule has 1 aromatic heterocycles. The predicted molar refractivity (Wildman–Crippen MR) is 74.4 cm³/mol. The Hall–Kier alpha value is -1.40. The predicted octanol–water partition coefficient (Wildman–Crippen LogP) is 2.72. The molecule has 0 bridgehead atoms. The quantitative estimate of drug-likeness (QED) is 0.505. The minimum absolute atomic E-state index is 0.000387. The van der Waals surface area contributed by atoms with Crippen LogP contribution in [0, 0.1) is 10.1 Å². The van der Waals surface area contributed by atoms with E-state index in [1.165, 1.54) is 12.3 Å². The van der Waals surface area contributed by atoms with Gasteiger partial charge >= 0.3 is 5.69 Å². The highest BCUT2D eigenvalue weighted by molar-refractivity contribution is 6.30. The van der Waals surface area contributed by atoms with Gasteiger partial charge in [0.1, 0.15) is 0 Å². The van der Waals surface area contributed by atoms with Crippen LogP contribution in [-0.2, 0) is 0 Å². The van der Waals surface area contributed by atoms with E-state index in [-0.39, 0.29) is 28.6 Å². The molecule has 1 aliphatic rings. The first-order valence-electron chi connectivity index (χ1n) is 6.40. The lowest BCUT2D eigenvalue weighted by atomic mass is 10.0. The van der Waals surface area contributed by atoms with Gasteiger partial charge < -0.3 is 11.1 Å². The molecule has 0 saturated heterocycles. The molecule has 0 aromatic carbocycles. The van der Waals surface area contributed by atoms with Crippen LogP contribution < -0.4 is 11.1 Å². The van der Waals surface area contributed by atoms with Crippen molar-refractivity contribution in [2.45, 2.75) is 44.2 Å². The van der Waals surface area contributed by atoms with E-state index in [1.54, 1.807) is 0 Å². The van der Waals surface area contributed by atoms with Gasteiger partial charge in [-0.1, -0.05) is 30.9 Å². The zero-order valence-corrected chi connectivity index (χ0v) is 11.3. The minimum atomic E-state index is -0.483. The molecular formula is C12H17ClN4O2. The van der Waals surface area contributed by atoms with E-state index in [2.05, 4.69) is 10.3 Å². The number of rotatable bonds is 3. The van der Waals surface area contributed by atoms with Crippen LogP contribution in [0.4, 0.5) is 11.5 Å². The van der Waals surface area contributed by atoms with Gasteiger partial charge in [-0.05, 0) is 12.8 Å². The van der Waals surface area contributed by atoms with Crippen molar-refractivity contribution in [2.75, 3.05) is 5.32 Å². The van der Waals surface area contributed by atoms with Crippen LogP contribution in [0.1, 0.15) is 32.1 Å². The monoisotopic (exact) mass is 284 g/mol. The van der Waals surface area contributed by atoms with E-state index in [0.29, 0.717) is 0 Å². The Kier molecular flexibility index (Phi) is 4.55. The lowest BCUT2D eigenvalue weighted by molar-refractivity contribution is -0.384. The molecule has 2 unspecified atom stereocenters. The summed E-state index contributed by atoms with van der Waals surface area (Å²) in [6, 6.07) is 1.33. The molecule has 1 heterocycles. The molecule has 0 amide bonds. The standard InChI is InChI=1S/C12H17ClN4O2/c13-8-6-11(17(18)19)12(15-7-8)16-10-5-3-1-2-4-9(10)14/h6-7,9-10H,1-5,14H2,(H,15,16). The summed E-state index contributed by atoms with van der Waals surface area (Å²) in [5.41, 5.74) is 5.99. The number of halogens is 1. The van der Waals surface area contributed by atoms with Crippen molar-refractivity contribution in [1.29, 1.82) is 0 Å². The number of pyridine rings is 1. The Bertz CT molecular complexity index is 469. The van der Waals surface area contributed by atoms with Crippen molar-refractivity contribution in [3.63, 3.8) is 0 Å². The van der Waals surface area contributed by atoms with Gasteiger partial charge in [0, 0.05) is 24.3 Å². The second-order valence-electron chi connectivity index (χ2n) is 4.83. The third kappa shape index (κ3) is 3.54. The van der Waals surface area contributed by atoms with E-state index in [9.17, 15) is 10.1 Å². The normalized spacial score (nSPS) is 23.7. The first-order chi connectivity index (χ1) is 9.08. The molecule has 7 heteroatoms. The van der Waals surface area contributed by atoms with Gasteiger partial charge in [0.25, 0.3) is 0 Å². The Balaban J connectivity index is 2.19. The zero-order valence-electron chi connectivity index (χ0n) is 10.5. The Morgan fingerprint density at radius 1 is 1.42 bits per heavy atom. The number of anilines is 1. The number of nitro groups is 1. The van der Waals surface area contributed by atoms with Gasteiger partial charge in [-0.3, -0.25) is 10.1 Å². The van der Waals surface area contributed by atoms with E-state index in [1.807, 2.05) is 0 Å². The fourth-order valence-corrected chi connectivity index (χ4v) is 2.52. The Morgan fingerprint density at radius 3 is 2.89 bits per heavy atom. The largest absolute Gasteiger partial charge is 0.360 e. The van der Waals surface area contributed by atoms with Gasteiger partial charge in [-0.2, -0.15) is 0 Å². The van der Waals surface area contributed by atoms with Crippen LogP contribution in [0.3, 0.4) is 0 Å². The van der Waals surface area contributed by atoms with E-state index >= 15 is 0 Å². The Morgan fingerprint density at radius 2 is 2.16 bits per heavy atom. The van der Waals surface area contributed by atoms with Gasteiger partial charge in [0.15, 0.2) is 0 Å². The highest BCUT2D eigenvalue weighted by Crippen LogP contribution is 2.28. The molecular weight excluding hydrogens is 268 g/mol. The molecule has 1 aromatic rings. The van der Waals surface area contributed by atoms with Gasteiger partial charge in [0.05, 0.1) is 9.95 Å². The maximum Gasteiger partial charge on any atom is 0.312 e. The van der Waals surface area contributed by atoms with Crippen molar-refractivity contribution in [3.05, 3.63) is 27.4 Å². The van der Waals surface area contributed by atoms with Gasteiger partial charge in [-0.25, -0.2) is 4.98 Å². The summed E-state index contributed by atoms with van der Waals surface area (Å²) in [7, 11) is 0. The first kappa shape index (κ1) is 14.0. The maximum absolute atomic E-state index is 11.0. The van der Waals surface area contributed by atoms with Crippen molar-refractivity contribution >= 4 is 23.1 Å². The highest BCUT2D eigenvalue weighted by Gasteiger charge is 2.24. The third-order valence-electron chi connectivity index (χ3n) is 3.42. The smallest absolute Gasteiger partial charge is 0.312 e. The van der Waals surface area contributed by atoms with Crippen LogP contribution in [0.25, 0.3) is 0 Å². The molecule has 2 atom stereocenters. The minimum Gasteiger partial charge on any atom is -0.360 e. The molecule has 0 aliphatic heterocycles. The second-order valence-corrected chi connectivity index (χ2v) is 5.27. The van der Waals surface area contributed by atoms with Crippen LogP contribution >= 0.6 is 11.6 Å². The number of aromatic nitrogens is 1. The van der Waals surface area contributed by atoms with E-state index < -0.39 is 4.92 Å². The first-order valence-corrected chi connectivity index (χ1v) is 6.78. The lowest BCUT2D eigenvalue weighted by Gasteiger charge is -2.23. The number of nitrogens with zero attached hydrogens (tertiary/aromatic N) is 2. The summed E-state index contributed by atoms with van der Waals surface area (Å²) in [5.74, 6) is 0.247. The third-order valence-corrected chi connectivity index (χ3v) is 3.63. The topological polar surface area (TPSA) is 94.1 Å². The summed E-state index contributed by atoms with van der Waals surface area (Å²) in [6.45, 7) is 0. The van der Waals surface area contributed by atoms with Crippen LogP contribution in [-0.4, -0.2) is 22.0 Å². The van der Waals surface area contributed by atoms with Crippen molar-refractivity contribution in [1.82, 2.24) is 4.98 Å². The number of nitrogens with one attached hydrogen (secondary N) is 1. The fraction of sp³-hybridized carbons (Fsp3) is 0.583. The summed E-state index contributed by atoms with van der Waals surface area (Å²) < 4.78 is 0. The molecule has 19 heavy (non-hydrogen) atoms. The molecule has 1 saturated carbocycles. The maximum atomic E-state index is 11.0. The fourth-order valence-electron chi connectivity index (χ4n) is 2.37. The van der Waals surface area contributed by atoms with Gasteiger partial charge in [0.2, 0.25) is 5.82 Å². The van der Waals surface area contributed by atoms with Crippen LogP contribution in [0.15, 0.2) is 12.3 Å². The molecule has 1 fully saturated rings. The summed E-state index contributed by atoms with van der Waals surface area (Å²) >= 11 is 5.74. The molecule has 2 rings (SSSR count). The van der Waals surface area contributed by atoms with Crippen LogP contribution in [0.5, 0.6) is 0 Å². The molecule has 1 aliphatic carbocycles.